The number of para-hydroxylation sites is 1. The minimum Gasteiger partial charge on any atom is -0.501 e. The number of hydrogen-bond acceptors (Lipinski definition) is 8. The average molecular weight is 737 g/mol. The number of cyclic esters (lactones) is 1. The monoisotopic (exact) mass is 736 g/mol. The van der Waals surface area contributed by atoms with Crippen LogP contribution in [0, 0.1) is 12.7 Å². The summed E-state index contributed by atoms with van der Waals surface area (Å²) in [6, 6.07) is 18.1. The smallest absolute Gasteiger partial charge is 0.419 e. The number of halogens is 1. The van der Waals surface area contributed by atoms with E-state index in [4.69, 9.17) is 18.9 Å². The van der Waals surface area contributed by atoms with Gasteiger partial charge in [-0.25, -0.2) is 27.2 Å². The topological polar surface area (TPSA) is 133 Å². The van der Waals surface area contributed by atoms with E-state index in [0.29, 0.717) is 51.3 Å². The van der Waals surface area contributed by atoms with E-state index in [0.717, 1.165) is 27.1 Å². The second kappa shape index (κ2) is 12.9. The Morgan fingerprint density at radius 1 is 1.09 bits per heavy atom. The maximum Gasteiger partial charge on any atom is 0.419 e. The first-order valence-electron chi connectivity index (χ1n) is 16.9. The van der Waals surface area contributed by atoms with Crippen LogP contribution in [-0.2, 0) is 25.1 Å². The van der Waals surface area contributed by atoms with Gasteiger partial charge in [0, 0.05) is 53.2 Å². The first-order chi connectivity index (χ1) is 25.2. The average Bonchev–Trinajstić information content (AvgIpc) is 3.64. The molecule has 4 heterocycles. The molecule has 0 aliphatic carbocycles. The summed E-state index contributed by atoms with van der Waals surface area (Å²) in [6.45, 7) is 7.91. The number of carbonyl (C=O) groups is 2. The summed E-state index contributed by atoms with van der Waals surface area (Å²) >= 11 is 0. The molecule has 6 aromatic rings. The Labute approximate surface area is 305 Å². The molecule has 3 aromatic heterocycles. The van der Waals surface area contributed by atoms with E-state index in [2.05, 4.69) is 5.32 Å². The molecule has 1 aliphatic heterocycles. The number of aromatic nitrogens is 2. The van der Waals surface area contributed by atoms with Gasteiger partial charge in [0.25, 0.3) is 5.91 Å². The van der Waals surface area contributed by atoms with E-state index < -0.39 is 33.4 Å². The molecule has 0 spiro atoms. The van der Waals surface area contributed by atoms with Crippen LogP contribution in [0.1, 0.15) is 47.8 Å². The van der Waals surface area contributed by atoms with Gasteiger partial charge < -0.3 is 19.2 Å². The summed E-state index contributed by atoms with van der Waals surface area (Å²) in [7, 11) is -0.924. The normalized spacial score (nSPS) is 13.8. The zero-order chi connectivity index (χ0) is 38.0. The maximum atomic E-state index is 13.9. The lowest BCUT2D eigenvalue weighted by Crippen LogP contribution is -2.33. The second-order valence-corrected chi connectivity index (χ2v) is 15.3. The predicted molar refractivity (Wildman–Crippen MR) is 203 cm³/mol. The third kappa shape index (κ3) is 5.90. The van der Waals surface area contributed by atoms with Gasteiger partial charge in [-0.3, -0.25) is 9.10 Å². The van der Waals surface area contributed by atoms with Gasteiger partial charge in [0.05, 0.1) is 53.0 Å². The van der Waals surface area contributed by atoms with Crippen LogP contribution in [-0.4, -0.2) is 56.9 Å². The highest BCUT2D eigenvalue weighted by Crippen LogP contribution is 2.45. The zero-order valence-electron chi connectivity index (χ0n) is 30.2. The number of nitrogens with zero attached hydrogens (tertiary/aromatic N) is 3. The van der Waals surface area contributed by atoms with Gasteiger partial charge in [0.2, 0.25) is 10.0 Å². The molecular weight excluding hydrogens is 700 g/mol. The number of ether oxygens (including phenoxy) is 2. The molecule has 53 heavy (non-hydrogen) atoms. The van der Waals surface area contributed by atoms with Crippen molar-refractivity contribution in [2.24, 2.45) is 0 Å². The Hall–Kier alpha value is -5.95. The number of aryl methyl sites for hydroxylation is 1. The Balaban J connectivity index is 1.56. The summed E-state index contributed by atoms with van der Waals surface area (Å²) in [6.07, 6.45) is 3.82. The van der Waals surface area contributed by atoms with E-state index in [9.17, 15) is 22.4 Å². The van der Waals surface area contributed by atoms with Crippen LogP contribution in [0.2, 0.25) is 0 Å². The number of amides is 1. The van der Waals surface area contributed by atoms with Crippen molar-refractivity contribution in [3.8, 4) is 34.0 Å². The van der Waals surface area contributed by atoms with Gasteiger partial charge in [-0.05, 0) is 75.7 Å². The fourth-order valence-corrected chi connectivity index (χ4v) is 7.37. The van der Waals surface area contributed by atoms with Gasteiger partial charge >= 0.3 is 6.09 Å². The summed E-state index contributed by atoms with van der Waals surface area (Å²) in [4.78, 5) is 32.4. The third-order valence-corrected chi connectivity index (χ3v) is 10.7. The van der Waals surface area contributed by atoms with Crippen molar-refractivity contribution in [1.82, 2.24) is 14.9 Å². The molecule has 0 radical (unpaired) electrons. The molecule has 1 N–H and O–H groups in total. The largest absolute Gasteiger partial charge is 0.501 e. The molecule has 7 rings (SSSR count). The van der Waals surface area contributed by atoms with Gasteiger partial charge in [-0.1, -0.05) is 24.3 Å². The first-order valence-corrected chi connectivity index (χ1v) is 18.7. The van der Waals surface area contributed by atoms with E-state index >= 15 is 0 Å². The number of benzene rings is 3. The summed E-state index contributed by atoms with van der Waals surface area (Å²) in [5.41, 5.74) is 4.78. The fraction of sp³-hybridized carbons (Fsp3) is 0.225. The standard InChI is InChI=1S/C40H37FN4O7S/c1-8-50-19-18-23-14-17-30(43-34(23)35-22(2)26-10-9-11-29-36(26)45(35)39(47)52-40(29,3)4)27-20-28-32(21-31(27)44(6)53(7,48)49)51-37(33(28)38(46)42-5)24-12-15-25(41)16-13-24/h9-21H,8H2,1-7H3,(H,42,46)/b19-18+. The summed E-state index contributed by atoms with van der Waals surface area (Å²) in [5, 5.41) is 3.89. The molecule has 1 amide bonds. The highest BCUT2D eigenvalue weighted by atomic mass is 32.2. The molecule has 3 aromatic carbocycles. The molecule has 11 nitrogen and oxygen atoms in total. The lowest BCUT2D eigenvalue weighted by molar-refractivity contribution is 0.0334. The van der Waals surface area contributed by atoms with Gasteiger partial charge in [-0.2, -0.15) is 0 Å². The van der Waals surface area contributed by atoms with Gasteiger partial charge in [0.15, 0.2) is 0 Å². The fourth-order valence-electron chi connectivity index (χ4n) is 6.86. The van der Waals surface area contributed by atoms with Crippen LogP contribution in [0.5, 0.6) is 0 Å². The summed E-state index contributed by atoms with van der Waals surface area (Å²) < 4.78 is 60.4. The minimum absolute atomic E-state index is 0.177. The van der Waals surface area contributed by atoms with E-state index in [1.165, 1.54) is 42.9 Å². The van der Waals surface area contributed by atoms with Crippen LogP contribution in [0.25, 0.3) is 61.9 Å². The molecule has 1 aliphatic rings. The second-order valence-electron chi connectivity index (χ2n) is 13.3. The van der Waals surface area contributed by atoms with E-state index in [1.807, 2.05) is 52.0 Å². The lowest BCUT2D eigenvalue weighted by Gasteiger charge is -2.31. The van der Waals surface area contributed by atoms with Crippen molar-refractivity contribution in [2.75, 3.05) is 31.3 Å². The number of nitrogens with one attached hydrogen (secondary N) is 1. The number of anilines is 1. The number of furan rings is 1. The van der Waals surface area contributed by atoms with Crippen LogP contribution in [0.4, 0.5) is 14.9 Å². The van der Waals surface area contributed by atoms with E-state index in [1.54, 1.807) is 30.5 Å². The highest BCUT2D eigenvalue weighted by molar-refractivity contribution is 7.92. The highest BCUT2D eigenvalue weighted by Gasteiger charge is 2.38. The summed E-state index contributed by atoms with van der Waals surface area (Å²) in [5.74, 6) is -0.739. The molecule has 0 fully saturated rings. The van der Waals surface area contributed by atoms with E-state index in [-0.39, 0.29) is 22.6 Å². The maximum absolute atomic E-state index is 13.9. The van der Waals surface area contributed by atoms with Crippen LogP contribution in [0.15, 0.2) is 77.4 Å². The number of carbonyl (C=O) groups excluding carboxylic acids is 2. The van der Waals surface area contributed by atoms with Gasteiger partial charge in [-0.15, -0.1) is 0 Å². The van der Waals surface area contributed by atoms with Crippen LogP contribution < -0.4 is 9.62 Å². The van der Waals surface area contributed by atoms with Crippen molar-refractivity contribution < 1.29 is 36.3 Å². The van der Waals surface area contributed by atoms with Crippen LogP contribution in [0.3, 0.4) is 0 Å². The molecule has 0 saturated heterocycles. The molecule has 0 atom stereocenters. The number of fused-ring (bicyclic) bond motifs is 1. The SMILES string of the molecule is CCO/C=C/c1ccc(-c2cc3c(C(=O)NC)c(-c4ccc(F)cc4)oc3cc2N(C)S(C)(=O)=O)nc1-c1c(C)c2cccc3c2n1C(=O)OC3(C)C. The molecule has 13 heteroatoms. The third-order valence-electron chi connectivity index (χ3n) is 9.56. The molecule has 0 saturated carbocycles. The molecule has 272 valence electrons. The number of rotatable bonds is 9. The van der Waals surface area contributed by atoms with Crippen molar-refractivity contribution >= 4 is 55.7 Å². The van der Waals surface area contributed by atoms with Crippen molar-refractivity contribution in [3.63, 3.8) is 0 Å². The first kappa shape index (κ1) is 35.5. The number of hydrogen-bond donors (Lipinski definition) is 1. The molecule has 0 bridgehead atoms. The van der Waals surface area contributed by atoms with Crippen molar-refractivity contribution in [3.05, 3.63) is 101 Å². The Morgan fingerprint density at radius 3 is 2.51 bits per heavy atom. The van der Waals surface area contributed by atoms with Crippen molar-refractivity contribution in [1.29, 1.82) is 0 Å². The number of pyridine rings is 1. The van der Waals surface area contributed by atoms with Crippen LogP contribution >= 0.6 is 0 Å². The zero-order valence-corrected chi connectivity index (χ0v) is 31.0. The quantitative estimate of drug-likeness (QED) is 0.147. The Kier molecular flexibility index (Phi) is 8.64. The molecular formula is C40H37FN4O7S. The lowest BCUT2D eigenvalue weighted by atomic mass is 9.94. The minimum atomic E-state index is -3.82. The Bertz CT molecular complexity index is 2620. The predicted octanol–water partition coefficient (Wildman–Crippen LogP) is 8.23. The van der Waals surface area contributed by atoms with Crippen molar-refractivity contribution in [2.45, 2.75) is 33.3 Å². The molecule has 0 unspecified atom stereocenters. The van der Waals surface area contributed by atoms with Gasteiger partial charge in [0.1, 0.15) is 22.8 Å². The number of sulfonamides is 1. The Morgan fingerprint density at radius 2 is 1.83 bits per heavy atom.